The molecule has 0 spiro atoms. The molecule has 3 heterocycles. The van der Waals surface area contributed by atoms with Gasteiger partial charge in [0.15, 0.2) is 5.15 Å². The van der Waals surface area contributed by atoms with E-state index in [1.807, 2.05) is 39.0 Å². The van der Waals surface area contributed by atoms with Crippen molar-refractivity contribution < 1.29 is 9.13 Å². The van der Waals surface area contributed by atoms with Gasteiger partial charge in [-0.1, -0.05) is 31.5 Å². The topological polar surface area (TPSA) is 90.0 Å². The number of rotatable bonds is 4. The molecule has 5 rings (SSSR count). The van der Waals surface area contributed by atoms with Gasteiger partial charge in [-0.05, 0) is 54.4 Å². The first-order valence-electron chi connectivity index (χ1n) is 11.6. The Kier molecular flexibility index (Phi) is 7.85. The van der Waals surface area contributed by atoms with Crippen LogP contribution in [0.2, 0.25) is 5.15 Å². The summed E-state index contributed by atoms with van der Waals surface area (Å²) in [7, 11) is 0. The van der Waals surface area contributed by atoms with E-state index in [0.717, 1.165) is 40.8 Å². The molecule has 2 N–H and O–H groups in total. The zero-order chi connectivity index (χ0) is 24.9. The second kappa shape index (κ2) is 11.0. The Balaban J connectivity index is 0.00000141. The first-order valence-corrected chi connectivity index (χ1v) is 12.0. The second-order valence-electron chi connectivity index (χ2n) is 7.95. The lowest BCUT2D eigenvalue weighted by Gasteiger charge is -2.29. The Hall–Kier alpha value is -3.20. The third-order valence-electron chi connectivity index (χ3n) is 5.92. The summed E-state index contributed by atoms with van der Waals surface area (Å²) in [6.45, 7) is 8.86. The molecule has 182 valence electrons. The van der Waals surface area contributed by atoms with Crippen LogP contribution in [-0.4, -0.2) is 46.5 Å². The number of ether oxygens (including phenoxy) is 1. The summed E-state index contributed by atoms with van der Waals surface area (Å²) in [5.41, 5.74) is 11.3. The highest BCUT2D eigenvalue weighted by atomic mass is 35.5. The predicted octanol–water partition coefficient (Wildman–Crippen LogP) is 5.10. The Labute approximate surface area is 209 Å². The fraction of sp³-hybridized carbons (Fsp3) is 0.308. The van der Waals surface area contributed by atoms with Gasteiger partial charge in [0.2, 0.25) is 0 Å². The summed E-state index contributed by atoms with van der Waals surface area (Å²) in [6, 6.07) is 11.9. The predicted molar refractivity (Wildman–Crippen MR) is 137 cm³/mol. The minimum atomic E-state index is -0.543. The third-order valence-corrected chi connectivity index (χ3v) is 6.11. The number of nitrogens with two attached hydrogens (primary N) is 1. The Morgan fingerprint density at radius 1 is 1.03 bits per heavy atom. The number of anilines is 1. The summed E-state index contributed by atoms with van der Waals surface area (Å²) in [5.74, 6) is -0.384. The maximum absolute atomic E-state index is 15.0. The van der Waals surface area contributed by atoms with Crippen LogP contribution in [0.15, 0.2) is 48.8 Å². The lowest BCUT2D eigenvalue weighted by Crippen LogP contribution is -2.36. The average molecular weight is 495 g/mol. The highest BCUT2D eigenvalue weighted by Crippen LogP contribution is 2.33. The summed E-state index contributed by atoms with van der Waals surface area (Å²) < 4.78 is 20.4. The molecule has 2 aromatic heterocycles. The smallest absolute Gasteiger partial charge is 0.152 e. The van der Waals surface area contributed by atoms with E-state index >= 15 is 0 Å². The summed E-state index contributed by atoms with van der Waals surface area (Å²) >= 11 is 6.02. The molecule has 1 aliphatic heterocycles. The molecule has 35 heavy (non-hydrogen) atoms. The van der Waals surface area contributed by atoms with Crippen LogP contribution < -0.4 is 10.6 Å². The number of benzene rings is 2. The van der Waals surface area contributed by atoms with Crippen molar-refractivity contribution in [3.63, 3.8) is 0 Å². The van der Waals surface area contributed by atoms with Crippen molar-refractivity contribution in [2.75, 3.05) is 31.2 Å². The van der Waals surface area contributed by atoms with E-state index in [0.29, 0.717) is 30.2 Å². The highest BCUT2D eigenvalue weighted by Gasteiger charge is 2.19. The van der Waals surface area contributed by atoms with Crippen LogP contribution >= 0.6 is 11.6 Å². The van der Waals surface area contributed by atoms with Crippen molar-refractivity contribution in [3.8, 4) is 11.3 Å². The average Bonchev–Trinajstić information content (AvgIpc) is 2.91. The number of hydrogen-bond acceptors (Lipinski definition) is 7. The van der Waals surface area contributed by atoms with Gasteiger partial charge >= 0.3 is 0 Å². The Bertz CT molecular complexity index is 1330. The number of morpholine rings is 1. The number of aromatic nitrogens is 4. The maximum Gasteiger partial charge on any atom is 0.152 e. The van der Waals surface area contributed by atoms with Gasteiger partial charge in [0.05, 0.1) is 36.2 Å². The normalized spacial score (nSPS) is 14.4. The number of halogens is 2. The monoisotopic (exact) mass is 494 g/mol. The van der Waals surface area contributed by atoms with Crippen molar-refractivity contribution in [3.05, 3.63) is 76.6 Å². The second-order valence-corrected chi connectivity index (χ2v) is 8.34. The van der Waals surface area contributed by atoms with Crippen LogP contribution in [0.1, 0.15) is 36.7 Å². The molecule has 0 aliphatic carbocycles. The van der Waals surface area contributed by atoms with Gasteiger partial charge in [0.1, 0.15) is 12.1 Å². The highest BCUT2D eigenvalue weighted by molar-refractivity contribution is 6.29. The molecule has 9 heteroatoms. The van der Waals surface area contributed by atoms with Gasteiger partial charge < -0.3 is 15.4 Å². The minimum Gasteiger partial charge on any atom is -0.378 e. The molecule has 1 saturated heterocycles. The molecule has 0 radical (unpaired) electrons. The fourth-order valence-electron chi connectivity index (χ4n) is 4.13. The van der Waals surface area contributed by atoms with Gasteiger partial charge in [0, 0.05) is 29.7 Å². The van der Waals surface area contributed by atoms with Gasteiger partial charge in [-0.15, -0.1) is 5.10 Å². The van der Waals surface area contributed by atoms with Crippen LogP contribution in [0.5, 0.6) is 0 Å². The molecular weight excluding hydrogens is 467 g/mol. The van der Waals surface area contributed by atoms with Crippen LogP contribution in [0.3, 0.4) is 0 Å². The molecule has 1 unspecified atom stereocenters. The van der Waals surface area contributed by atoms with E-state index in [1.165, 1.54) is 12.4 Å². The summed E-state index contributed by atoms with van der Waals surface area (Å²) in [6.07, 6.45) is 1.46. The van der Waals surface area contributed by atoms with E-state index in [-0.39, 0.29) is 11.0 Å². The van der Waals surface area contributed by atoms with Crippen molar-refractivity contribution in [2.45, 2.75) is 26.8 Å². The van der Waals surface area contributed by atoms with E-state index in [2.05, 4.69) is 25.1 Å². The van der Waals surface area contributed by atoms with Crippen molar-refractivity contribution in [1.82, 2.24) is 20.2 Å². The zero-order valence-electron chi connectivity index (χ0n) is 20.0. The molecule has 7 nitrogen and oxygen atoms in total. The zero-order valence-corrected chi connectivity index (χ0v) is 20.8. The van der Waals surface area contributed by atoms with Gasteiger partial charge in [-0.2, -0.15) is 5.10 Å². The number of hydrogen-bond donors (Lipinski definition) is 1. The molecule has 4 aromatic rings. The molecule has 0 bridgehead atoms. The van der Waals surface area contributed by atoms with Crippen LogP contribution in [-0.2, 0) is 4.74 Å². The van der Waals surface area contributed by atoms with E-state index in [4.69, 9.17) is 22.1 Å². The fourth-order valence-corrected chi connectivity index (χ4v) is 4.29. The molecule has 2 aromatic carbocycles. The van der Waals surface area contributed by atoms with Crippen molar-refractivity contribution in [1.29, 1.82) is 0 Å². The standard InChI is InChI=1S/C24H22ClFN6O.C2H6/c1-14-18(12-22(25)31-30-14)23(27)15-2-5-20(26)19(10-15)24-17-4-3-16(11-21(17)28-13-29-24)32-6-8-33-9-7-32;1-2/h2-5,10-13,23H,6-9,27H2,1H3;1-2H3. The minimum absolute atomic E-state index is 0.256. The summed E-state index contributed by atoms with van der Waals surface area (Å²) in [4.78, 5) is 11.1. The molecule has 0 saturated carbocycles. The van der Waals surface area contributed by atoms with E-state index in [9.17, 15) is 4.39 Å². The van der Waals surface area contributed by atoms with Gasteiger partial charge in [0.25, 0.3) is 0 Å². The molecule has 1 atom stereocenters. The molecule has 0 amide bonds. The first kappa shape index (κ1) is 24.9. The molecular formula is C26H28ClFN6O. The number of nitrogens with zero attached hydrogens (tertiary/aromatic N) is 5. The van der Waals surface area contributed by atoms with Gasteiger partial charge in [-0.3, -0.25) is 0 Å². The largest absolute Gasteiger partial charge is 0.378 e. The summed E-state index contributed by atoms with van der Waals surface area (Å²) in [5, 5.41) is 8.91. The number of fused-ring (bicyclic) bond motifs is 1. The van der Waals surface area contributed by atoms with E-state index < -0.39 is 6.04 Å². The van der Waals surface area contributed by atoms with Crippen molar-refractivity contribution in [2.24, 2.45) is 5.73 Å². The molecule has 1 fully saturated rings. The lowest BCUT2D eigenvalue weighted by molar-refractivity contribution is 0.122. The SMILES string of the molecule is CC.Cc1nnc(Cl)cc1C(N)c1ccc(F)c(-c2ncnc3cc(N4CCOCC4)ccc23)c1. The Morgan fingerprint density at radius 3 is 2.57 bits per heavy atom. The quantitative estimate of drug-likeness (QED) is 0.422. The van der Waals surface area contributed by atoms with Crippen LogP contribution in [0.25, 0.3) is 22.2 Å². The maximum atomic E-state index is 15.0. The van der Waals surface area contributed by atoms with E-state index in [1.54, 1.807) is 18.2 Å². The lowest BCUT2D eigenvalue weighted by atomic mass is 9.95. The van der Waals surface area contributed by atoms with Gasteiger partial charge in [-0.25, -0.2) is 14.4 Å². The van der Waals surface area contributed by atoms with Crippen molar-refractivity contribution >= 4 is 28.2 Å². The number of aryl methyl sites for hydroxylation is 1. The molecule has 1 aliphatic rings. The first-order chi connectivity index (χ1) is 17.0. The Morgan fingerprint density at radius 2 is 1.80 bits per heavy atom. The van der Waals surface area contributed by atoms with Crippen LogP contribution in [0.4, 0.5) is 10.1 Å². The third kappa shape index (κ3) is 5.24. The van der Waals surface area contributed by atoms with Crippen LogP contribution in [0, 0.1) is 12.7 Å².